The molecule has 1 fully saturated rings. The van der Waals surface area contributed by atoms with Gasteiger partial charge in [-0.25, -0.2) is 18.2 Å². The summed E-state index contributed by atoms with van der Waals surface area (Å²) >= 11 is 0. The van der Waals surface area contributed by atoms with Crippen LogP contribution in [0.2, 0.25) is 0 Å². The molecular weight excluding hydrogens is 316 g/mol. The van der Waals surface area contributed by atoms with E-state index >= 15 is 0 Å². The molecule has 0 bridgehead atoms. The molecule has 2 unspecified atom stereocenters. The second-order valence-corrected chi connectivity index (χ2v) is 7.49. The van der Waals surface area contributed by atoms with Crippen LogP contribution >= 0.6 is 0 Å². The Morgan fingerprint density at radius 3 is 2.65 bits per heavy atom. The first-order valence-electron chi connectivity index (χ1n) is 7.28. The van der Waals surface area contributed by atoms with E-state index in [1.165, 1.54) is 0 Å². The predicted molar refractivity (Wildman–Crippen MR) is 85.2 cm³/mol. The summed E-state index contributed by atoms with van der Waals surface area (Å²) < 4.78 is 24.8. The van der Waals surface area contributed by atoms with Crippen molar-refractivity contribution in [2.24, 2.45) is 5.14 Å². The Labute approximate surface area is 134 Å². The summed E-state index contributed by atoms with van der Waals surface area (Å²) in [4.78, 5) is 13.8. The third-order valence-corrected chi connectivity index (χ3v) is 5.44. The highest BCUT2D eigenvalue weighted by atomic mass is 32.2. The first kappa shape index (κ1) is 15.7. The lowest BCUT2D eigenvalue weighted by Crippen LogP contribution is -2.33. The van der Waals surface area contributed by atoms with Crippen LogP contribution in [0.5, 0.6) is 0 Å². The first-order valence-corrected chi connectivity index (χ1v) is 8.89. The van der Waals surface area contributed by atoms with Crippen LogP contribution < -0.4 is 5.14 Å². The molecule has 2 atom stereocenters. The van der Waals surface area contributed by atoms with Crippen LogP contribution in [0.4, 0.5) is 0 Å². The quantitative estimate of drug-likeness (QED) is 0.895. The number of hydrogen-bond donors (Lipinski definition) is 1. The van der Waals surface area contributed by atoms with Gasteiger partial charge in [0.2, 0.25) is 15.9 Å². The fourth-order valence-electron chi connectivity index (χ4n) is 2.92. The van der Waals surface area contributed by atoms with E-state index in [0.29, 0.717) is 0 Å². The van der Waals surface area contributed by atoms with E-state index in [1.807, 2.05) is 43.5 Å². The number of aromatic nitrogens is 2. The predicted octanol–water partition coefficient (Wildman–Crippen LogP) is 0.823. The van der Waals surface area contributed by atoms with Gasteiger partial charge in [-0.05, 0) is 19.1 Å². The van der Waals surface area contributed by atoms with Crippen LogP contribution in [0, 0.1) is 0 Å². The molecule has 1 aromatic heterocycles. The standard InChI is InChI=1S/C15H18N4O3S/c1-11(18-10-12(9-15(18)20)23(16,21)22)13-5-2-3-6-14(13)19-8-4-7-17-19/h2-8,11-12H,9-10H2,1H3,(H2,16,21,22). The Bertz CT molecular complexity index is 817. The number of carbonyl (C=O) groups excluding carboxylic acids is 1. The van der Waals surface area contributed by atoms with Crippen molar-refractivity contribution in [3.05, 3.63) is 48.3 Å². The maximum Gasteiger partial charge on any atom is 0.224 e. The Morgan fingerprint density at radius 1 is 1.30 bits per heavy atom. The fourth-order valence-corrected chi connectivity index (χ4v) is 3.66. The van der Waals surface area contributed by atoms with Gasteiger partial charge in [-0.2, -0.15) is 5.10 Å². The number of nitrogens with two attached hydrogens (primary N) is 1. The molecule has 3 rings (SSSR count). The van der Waals surface area contributed by atoms with Crippen molar-refractivity contribution < 1.29 is 13.2 Å². The lowest BCUT2D eigenvalue weighted by Gasteiger charge is -2.26. The second kappa shape index (κ2) is 5.78. The summed E-state index contributed by atoms with van der Waals surface area (Å²) in [5.41, 5.74) is 1.76. The SMILES string of the molecule is CC(c1ccccc1-n1cccn1)N1CC(S(N)(=O)=O)CC1=O. The third-order valence-electron chi connectivity index (χ3n) is 4.19. The molecule has 2 aromatic rings. The monoisotopic (exact) mass is 334 g/mol. The second-order valence-electron chi connectivity index (χ2n) is 5.65. The number of para-hydroxylation sites is 1. The van der Waals surface area contributed by atoms with Gasteiger partial charge < -0.3 is 4.90 Å². The number of carbonyl (C=O) groups is 1. The number of primary sulfonamides is 1. The molecule has 0 saturated carbocycles. The van der Waals surface area contributed by atoms with E-state index in [0.717, 1.165) is 11.3 Å². The molecule has 8 heteroatoms. The molecule has 2 N–H and O–H groups in total. The number of amides is 1. The summed E-state index contributed by atoms with van der Waals surface area (Å²) in [6.07, 6.45) is 3.44. The lowest BCUT2D eigenvalue weighted by atomic mass is 10.0. The van der Waals surface area contributed by atoms with Crippen LogP contribution in [0.25, 0.3) is 5.69 Å². The van der Waals surface area contributed by atoms with Crippen LogP contribution in [-0.4, -0.2) is 40.8 Å². The molecule has 1 saturated heterocycles. The summed E-state index contributed by atoms with van der Waals surface area (Å²) in [6.45, 7) is 2.00. The average molecular weight is 334 g/mol. The zero-order chi connectivity index (χ0) is 16.6. The van der Waals surface area contributed by atoms with Gasteiger partial charge in [-0.1, -0.05) is 18.2 Å². The zero-order valence-corrected chi connectivity index (χ0v) is 13.5. The summed E-state index contributed by atoms with van der Waals surface area (Å²) in [7, 11) is -3.72. The summed E-state index contributed by atoms with van der Waals surface area (Å²) in [5, 5.41) is 8.58. The molecule has 1 amide bonds. The highest BCUT2D eigenvalue weighted by Gasteiger charge is 2.39. The van der Waals surface area contributed by atoms with Gasteiger partial charge in [0.25, 0.3) is 0 Å². The van der Waals surface area contributed by atoms with Gasteiger partial charge in [-0.15, -0.1) is 0 Å². The molecule has 1 aliphatic heterocycles. The van der Waals surface area contributed by atoms with Crippen molar-refractivity contribution in [1.29, 1.82) is 0 Å². The average Bonchev–Trinajstić information content (AvgIpc) is 3.15. The van der Waals surface area contributed by atoms with E-state index in [9.17, 15) is 13.2 Å². The van der Waals surface area contributed by atoms with Crippen LogP contribution in [-0.2, 0) is 14.8 Å². The lowest BCUT2D eigenvalue weighted by molar-refractivity contribution is -0.129. The highest BCUT2D eigenvalue weighted by Crippen LogP contribution is 2.30. The number of likely N-dealkylation sites (tertiary alicyclic amines) is 1. The molecular formula is C15H18N4O3S. The minimum absolute atomic E-state index is 0.0624. The fraction of sp³-hybridized carbons (Fsp3) is 0.333. The van der Waals surface area contributed by atoms with Gasteiger partial charge in [0.1, 0.15) is 5.25 Å². The smallest absolute Gasteiger partial charge is 0.224 e. The van der Waals surface area contributed by atoms with Gasteiger partial charge in [-0.3, -0.25) is 4.79 Å². The van der Waals surface area contributed by atoms with Gasteiger partial charge in [0, 0.05) is 30.9 Å². The van der Waals surface area contributed by atoms with Crippen molar-refractivity contribution >= 4 is 15.9 Å². The van der Waals surface area contributed by atoms with E-state index in [-0.39, 0.29) is 24.9 Å². The third kappa shape index (κ3) is 2.99. The maximum atomic E-state index is 12.2. The Balaban J connectivity index is 1.93. The largest absolute Gasteiger partial charge is 0.334 e. The molecule has 1 aliphatic rings. The number of nitrogens with zero attached hydrogens (tertiary/aromatic N) is 3. The number of hydrogen-bond acceptors (Lipinski definition) is 4. The molecule has 0 radical (unpaired) electrons. The zero-order valence-electron chi connectivity index (χ0n) is 12.7. The topological polar surface area (TPSA) is 98.3 Å². The summed E-state index contributed by atoms with van der Waals surface area (Å²) in [5.74, 6) is -0.202. The molecule has 0 spiro atoms. The normalized spacial score (nSPS) is 20.0. The van der Waals surface area contributed by atoms with Crippen LogP contribution in [0.15, 0.2) is 42.7 Å². The van der Waals surface area contributed by atoms with Gasteiger partial charge >= 0.3 is 0 Å². The number of rotatable bonds is 4. The Hall–Kier alpha value is -2.19. The first-order chi connectivity index (χ1) is 10.9. The molecule has 122 valence electrons. The van der Waals surface area contributed by atoms with Crippen molar-refractivity contribution in [1.82, 2.24) is 14.7 Å². The van der Waals surface area contributed by atoms with Crippen molar-refractivity contribution in [3.8, 4) is 5.69 Å². The minimum atomic E-state index is -3.72. The summed E-state index contributed by atoms with van der Waals surface area (Å²) in [6, 6.07) is 9.16. The molecule has 23 heavy (non-hydrogen) atoms. The molecule has 7 nitrogen and oxygen atoms in total. The van der Waals surface area contributed by atoms with E-state index < -0.39 is 15.3 Å². The van der Waals surface area contributed by atoms with Crippen molar-refractivity contribution in [2.45, 2.75) is 24.6 Å². The van der Waals surface area contributed by atoms with Crippen LogP contribution in [0.1, 0.15) is 24.9 Å². The Kier molecular flexibility index (Phi) is 3.95. The van der Waals surface area contributed by atoms with Gasteiger partial charge in [0.15, 0.2) is 0 Å². The van der Waals surface area contributed by atoms with E-state index in [2.05, 4.69) is 5.10 Å². The highest BCUT2D eigenvalue weighted by molar-refractivity contribution is 7.89. The molecule has 0 aliphatic carbocycles. The Morgan fingerprint density at radius 2 is 2.04 bits per heavy atom. The number of benzene rings is 1. The van der Waals surface area contributed by atoms with E-state index in [4.69, 9.17) is 5.14 Å². The maximum absolute atomic E-state index is 12.2. The van der Waals surface area contributed by atoms with Crippen LogP contribution in [0.3, 0.4) is 0 Å². The van der Waals surface area contributed by atoms with E-state index in [1.54, 1.807) is 15.8 Å². The molecule has 2 heterocycles. The minimum Gasteiger partial charge on any atom is -0.334 e. The molecule has 1 aromatic carbocycles. The van der Waals surface area contributed by atoms with Crippen molar-refractivity contribution in [2.75, 3.05) is 6.54 Å². The number of sulfonamides is 1. The van der Waals surface area contributed by atoms with Gasteiger partial charge in [0.05, 0.1) is 11.7 Å². The van der Waals surface area contributed by atoms with Crippen molar-refractivity contribution in [3.63, 3.8) is 0 Å².